The van der Waals surface area contributed by atoms with Crippen LogP contribution in [-0.2, 0) is 11.2 Å². The van der Waals surface area contributed by atoms with E-state index in [0.29, 0.717) is 6.04 Å². The third kappa shape index (κ3) is 3.42. The Bertz CT molecular complexity index is 408. The van der Waals surface area contributed by atoms with Gasteiger partial charge in [-0.3, -0.25) is 0 Å². The average Bonchev–Trinajstić information content (AvgIpc) is 2.73. The second-order valence-corrected chi connectivity index (χ2v) is 6.15. The summed E-state index contributed by atoms with van der Waals surface area (Å²) in [4.78, 5) is 0. The van der Waals surface area contributed by atoms with Crippen molar-refractivity contribution < 1.29 is 4.74 Å². The normalized spacial score (nSPS) is 20.4. The highest BCUT2D eigenvalue weighted by atomic mass is 16.5. The lowest BCUT2D eigenvalue weighted by atomic mass is 9.82. The molecular formula is C18H29NO. The lowest BCUT2D eigenvalue weighted by molar-refractivity contribution is -0.0509. The highest BCUT2D eigenvalue weighted by Gasteiger charge is 2.38. The fourth-order valence-corrected chi connectivity index (χ4v) is 3.63. The summed E-state index contributed by atoms with van der Waals surface area (Å²) in [6, 6.07) is 9.10. The minimum Gasteiger partial charge on any atom is -0.377 e. The van der Waals surface area contributed by atoms with Gasteiger partial charge in [0.2, 0.25) is 0 Å². The topological polar surface area (TPSA) is 21.3 Å². The van der Waals surface area contributed by atoms with Gasteiger partial charge < -0.3 is 10.1 Å². The van der Waals surface area contributed by atoms with Gasteiger partial charge in [-0.25, -0.2) is 0 Å². The molecule has 1 N–H and O–H groups in total. The molecule has 1 aliphatic rings. The zero-order chi connectivity index (χ0) is 14.4. The number of methoxy groups -OCH3 is 1. The van der Waals surface area contributed by atoms with Gasteiger partial charge in [-0.15, -0.1) is 0 Å². The van der Waals surface area contributed by atoms with Gasteiger partial charge in [0.05, 0.1) is 5.60 Å². The third-order valence-electron chi connectivity index (χ3n) is 5.03. The molecule has 1 aromatic rings. The average molecular weight is 275 g/mol. The first kappa shape index (κ1) is 15.5. The molecule has 2 nitrogen and oxygen atoms in total. The van der Waals surface area contributed by atoms with E-state index < -0.39 is 0 Å². The molecule has 0 heterocycles. The van der Waals surface area contributed by atoms with E-state index in [0.717, 1.165) is 6.42 Å². The van der Waals surface area contributed by atoms with Gasteiger partial charge in [0.1, 0.15) is 0 Å². The van der Waals surface area contributed by atoms with Gasteiger partial charge in [0, 0.05) is 13.2 Å². The fourth-order valence-electron chi connectivity index (χ4n) is 3.63. The van der Waals surface area contributed by atoms with Crippen LogP contribution in [-0.4, -0.2) is 25.8 Å². The molecule has 0 spiro atoms. The van der Waals surface area contributed by atoms with E-state index in [1.165, 1.54) is 49.7 Å². The maximum Gasteiger partial charge on any atom is 0.0834 e. The van der Waals surface area contributed by atoms with Gasteiger partial charge in [0.15, 0.2) is 0 Å². The third-order valence-corrected chi connectivity index (χ3v) is 5.03. The molecular weight excluding hydrogens is 246 g/mol. The van der Waals surface area contributed by atoms with Crippen LogP contribution in [0.2, 0.25) is 0 Å². The molecule has 1 aromatic carbocycles. The van der Waals surface area contributed by atoms with Crippen molar-refractivity contribution in [2.24, 2.45) is 0 Å². The summed E-state index contributed by atoms with van der Waals surface area (Å²) >= 11 is 0. The zero-order valence-electron chi connectivity index (χ0n) is 13.2. The largest absolute Gasteiger partial charge is 0.377 e. The molecule has 1 atom stereocenters. The predicted molar refractivity (Wildman–Crippen MR) is 85.2 cm³/mol. The summed E-state index contributed by atoms with van der Waals surface area (Å²) in [5, 5.41) is 3.54. The maximum atomic E-state index is 6.06. The monoisotopic (exact) mass is 275 g/mol. The van der Waals surface area contributed by atoms with Crippen LogP contribution in [0.1, 0.15) is 49.7 Å². The van der Waals surface area contributed by atoms with E-state index in [2.05, 4.69) is 43.6 Å². The van der Waals surface area contributed by atoms with E-state index in [-0.39, 0.29) is 5.60 Å². The Labute approximate surface area is 123 Å². The van der Waals surface area contributed by atoms with Crippen molar-refractivity contribution in [1.29, 1.82) is 0 Å². The Balaban J connectivity index is 2.18. The molecule has 1 fully saturated rings. The SMILES string of the molecule is CNC(Cc1ccccc1C)C1(OC)CCCCCC1. The minimum absolute atomic E-state index is 0.00747. The van der Waals surface area contributed by atoms with E-state index in [9.17, 15) is 0 Å². The highest BCUT2D eigenvalue weighted by molar-refractivity contribution is 5.27. The summed E-state index contributed by atoms with van der Waals surface area (Å²) in [7, 11) is 3.97. The molecule has 1 unspecified atom stereocenters. The van der Waals surface area contributed by atoms with E-state index in [1.54, 1.807) is 0 Å². The zero-order valence-corrected chi connectivity index (χ0v) is 13.2. The lowest BCUT2D eigenvalue weighted by Crippen LogP contribution is -2.52. The number of hydrogen-bond donors (Lipinski definition) is 1. The van der Waals surface area contributed by atoms with Gasteiger partial charge in [-0.1, -0.05) is 49.9 Å². The van der Waals surface area contributed by atoms with Crippen molar-refractivity contribution in [2.45, 2.75) is 63.5 Å². The van der Waals surface area contributed by atoms with Gasteiger partial charge in [-0.2, -0.15) is 0 Å². The predicted octanol–water partition coefficient (Wildman–Crippen LogP) is 3.86. The summed E-state index contributed by atoms with van der Waals surface area (Å²) < 4.78 is 6.06. The van der Waals surface area contributed by atoms with Crippen LogP contribution in [0.15, 0.2) is 24.3 Å². The Morgan fingerprint density at radius 2 is 1.80 bits per heavy atom. The molecule has 0 bridgehead atoms. The lowest BCUT2D eigenvalue weighted by Gasteiger charge is -2.39. The Kier molecular flexibility index (Phi) is 5.62. The Morgan fingerprint density at radius 1 is 1.15 bits per heavy atom. The van der Waals surface area contributed by atoms with Crippen LogP contribution in [0, 0.1) is 6.92 Å². The first-order valence-electron chi connectivity index (χ1n) is 7.99. The van der Waals surface area contributed by atoms with Gasteiger partial charge in [-0.05, 0) is 44.4 Å². The second kappa shape index (κ2) is 7.24. The number of likely N-dealkylation sites (N-methyl/N-ethyl adjacent to an activating group) is 1. The molecule has 0 amide bonds. The van der Waals surface area contributed by atoms with Crippen LogP contribution in [0.3, 0.4) is 0 Å². The smallest absolute Gasteiger partial charge is 0.0834 e. The standard InChI is InChI=1S/C18H29NO/c1-15-10-6-7-11-16(15)14-17(19-2)18(20-3)12-8-4-5-9-13-18/h6-7,10-11,17,19H,4-5,8-9,12-14H2,1-3H3. The number of benzene rings is 1. The molecule has 0 radical (unpaired) electrons. The molecule has 112 valence electrons. The summed E-state index contributed by atoms with van der Waals surface area (Å²) in [5.41, 5.74) is 2.83. The van der Waals surface area contributed by atoms with Crippen LogP contribution in [0.5, 0.6) is 0 Å². The van der Waals surface area contributed by atoms with Crippen LogP contribution in [0.25, 0.3) is 0 Å². The molecule has 2 rings (SSSR count). The van der Waals surface area contributed by atoms with Crippen molar-refractivity contribution >= 4 is 0 Å². The summed E-state index contributed by atoms with van der Waals surface area (Å²) in [6.07, 6.45) is 8.70. The molecule has 2 heteroatoms. The van der Waals surface area contributed by atoms with Crippen molar-refractivity contribution in [1.82, 2.24) is 5.32 Å². The number of rotatable bonds is 5. The second-order valence-electron chi connectivity index (χ2n) is 6.15. The number of nitrogens with one attached hydrogen (secondary N) is 1. The maximum absolute atomic E-state index is 6.06. The van der Waals surface area contributed by atoms with Crippen LogP contribution >= 0.6 is 0 Å². The summed E-state index contributed by atoms with van der Waals surface area (Å²) in [5.74, 6) is 0. The molecule has 0 saturated heterocycles. The van der Waals surface area contributed by atoms with Crippen LogP contribution in [0.4, 0.5) is 0 Å². The van der Waals surface area contributed by atoms with Gasteiger partial charge >= 0.3 is 0 Å². The van der Waals surface area contributed by atoms with E-state index >= 15 is 0 Å². The molecule has 1 aliphatic carbocycles. The number of hydrogen-bond acceptors (Lipinski definition) is 2. The number of aryl methyl sites for hydroxylation is 1. The van der Waals surface area contributed by atoms with E-state index in [4.69, 9.17) is 4.74 Å². The van der Waals surface area contributed by atoms with E-state index in [1.807, 2.05) is 7.11 Å². The van der Waals surface area contributed by atoms with Crippen molar-refractivity contribution in [2.75, 3.05) is 14.2 Å². The first-order valence-corrected chi connectivity index (χ1v) is 7.99. The fraction of sp³-hybridized carbons (Fsp3) is 0.667. The minimum atomic E-state index is 0.00747. The van der Waals surface area contributed by atoms with Crippen molar-refractivity contribution in [3.63, 3.8) is 0 Å². The first-order chi connectivity index (χ1) is 9.72. The quantitative estimate of drug-likeness (QED) is 0.824. The van der Waals surface area contributed by atoms with Crippen molar-refractivity contribution in [3.8, 4) is 0 Å². The Hall–Kier alpha value is -0.860. The molecule has 20 heavy (non-hydrogen) atoms. The van der Waals surface area contributed by atoms with Gasteiger partial charge in [0.25, 0.3) is 0 Å². The van der Waals surface area contributed by atoms with Crippen LogP contribution < -0.4 is 5.32 Å². The Morgan fingerprint density at radius 3 is 2.35 bits per heavy atom. The molecule has 0 aliphatic heterocycles. The number of ether oxygens (including phenoxy) is 1. The highest BCUT2D eigenvalue weighted by Crippen LogP contribution is 2.34. The summed E-state index contributed by atoms with van der Waals surface area (Å²) in [6.45, 7) is 2.20. The molecule has 0 aromatic heterocycles. The molecule has 1 saturated carbocycles. The van der Waals surface area contributed by atoms with Crippen molar-refractivity contribution in [3.05, 3.63) is 35.4 Å².